The summed E-state index contributed by atoms with van der Waals surface area (Å²) in [5.41, 5.74) is 1.27. The number of aromatic nitrogens is 3. The van der Waals surface area contributed by atoms with Crippen molar-refractivity contribution in [3.05, 3.63) is 23.8 Å². The third-order valence-electron chi connectivity index (χ3n) is 3.50. The fourth-order valence-corrected chi connectivity index (χ4v) is 4.20. The highest BCUT2D eigenvalue weighted by atomic mass is 32.2. The maximum absolute atomic E-state index is 11.7. The van der Waals surface area contributed by atoms with Gasteiger partial charge in [-0.15, -0.1) is 5.10 Å². The molecule has 1 N–H and O–H groups in total. The average Bonchev–Trinajstić information content (AvgIpc) is 2.80. The van der Waals surface area contributed by atoms with Crippen molar-refractivity contribution in [1.29, 1.82) is 0 Å². The number of hydrogen-bond acceptors (Lipinski definition) is 5. The summed E-state index contributed by atoms with van der Waals surface area (Å²) in [5.74, 6) is -0.743. The van der Waals surface area contributed by atoms with E-state index in [0.29, 0.717) is 17.5 Å². The number of benzene rings is 1. The van der Waals surface area contributed by atoms with Crippen molar-refractivity contribution in [3.63, 3.8) is 0 Å². The predicted molar refractivity (Wildman–Crippen MR) is 71.4 cm³/mol. The van der Waals surface area contributed by atoms with Crippen molar-refractivity contribution in [1.82, 2.24) is 15.0 Å². The summed E-state index contributed by atoms with van der Waals surface area (Å²) >= 11 is 0. The molecule has 1 aliphatic heterocycles. The molecule has 0 saturated carbocycles. The van der Waals surface area contributed by atoms with Crippen LogP contribution >= 0.6 is 0 Å². The maximum Gasteiger partial charge on any atom is 0.335 e. The Morgan fingerprint density at radius 1 is 1.40 bits per heavy atom. The van der Waals surface area contributed by atoms with Gasteiger partial charge in [-0.05, 0) is 31.0 Å². The third-order valence-corrected chi connectivity index (χ3v) is 5.31. The van der Waals surface area contributed by atoms with Gasteiger partial charge in [-0.2, -0.15) is 0 Å². The number of fused-ring (bicyclic) bond motifs is 1. The Hall–Kier alpha value is -1.96. The molecule has 1 aliphatic rings. The van der Waals surface area contributed by atoms with Crippen molar-refractivity contribution in [2.45, 2.75) is 18.9 Å². The van der Waals surface area contributed by atoms with E-state index in [1.165, 1.54) is 12.1 Å². The number of carboxylic acid groups (broad SMARTS) is 1. The fraction of sp³-hybridized carbons (Fsp3) is 0.417. The van der Waals surface area contributed by atoms with E-state index in [-0.39, 0.29) is 23.1 Å². The molecule has 0 radical (unpaired) electrons. The molecule has 3 rings (SSSR count). The second kappa shape index (κ2) is 4.55. The summed E-state index contributed by atoms with van der Waals surface area (Å²) < 4.78 is 25.0. The van der Waals surface area contributed by atoms with Crippen LogP contribution in [0.3, 0.4) is 0 Å². The van der Waals surface area contributed by atoms with Gasteiger partial charge in [0.2, 0.25) is 0 Å². The number of carbonyl (C=O) groups is 1. The molecule has 1 fully saturated rings. The van der Waals surface area contributed by atoms with Gasteiger partial charge in [0.05, 0.1) is 28.6 Å². The van der Waals surface area contributed by atoms with E-state index in [1.54, 1.807) is 10.7 Å². The van der Waals surface area contributed by atoms with Crippen LogP contribution in [-0.2, 0) is 9.84 Å². The molecule has 2 heterocycles. The van der Waals surface area contributed by atoms with Crippen molar-refractivity contribution >= 4 is 26.8 Å². The van der Waals surface area contributed by atoms with Crippen LogP contribution < -0.4 is 0 Å². The first kappa shape index (κ1) is 13.0. The van der Waals surface area contributed by atoms with Gasteiger partial charge < -0.3 is 5.11 Å². The van der Waals surface area contributed by atoms with Crippen molar-refractivity contribution in [3.8, 4) is 0 Å². The lowest BCUT2D eigenvalue weighted by molar-refractivity contribution is 0.0697. The van der Waals surface area contributed by atoms with E-state index in [1.807, 2.05) is 0 Å². The number of nitrogens with zero attached hydrogens (tertiary/aromatic N) is 3. The highest BCUT2D eigenvalue weighted by molar-refractivity contribution is 7.91. The molecule has 0 amide bonds. The summed E-state index contributed by atoms with van der Waals surface area (Å²) in [5, 5.41) is 16.9. The van der Waals surface area contributed by atoms with E-state index in [0.717, 1.165) is 6.42 Å². The Bertz CT molecular complexity index is 781. The zero-order valence-electron chi connectivity index (χ0n) is 10.6. The van der Waals surface area contributed by atoms with Crippen molar-refractivity contribution in [2.75, 3.05) is 11.5 Å². The largest absolute Gasteiger partial charge is 0.478 e. The summed E-state index contributed by atoms with van der Waals surface area (Å²) in [6.45, 7) is 0. The highest BCUT2D eigenvalue weighted by Gasteiger charge is 2.27. The summed E-state index contributed by atoms with van der Waals surface area (Å²) in [6, 6.07) is 4.31. The van der Waals surface area contributed by atoms with E-state index in [9.17, 15) is 13.2 Å². The highest BCUT2D eigenvalue weighted by Crippen LogP contribution is 2.26. The van der Waals surface area contributed by atoms with E-state index < -0.39 is 15.8 Å². The summed E-state index contributed by atoms with van der Waals surface area (Å²) in [4.78, 5) is 10.9. The zero-order valence-corrected chi connectivity index (χ0v) is 11.4. The van der Waals surface area contributed by atoms with E-state index >= 15 is 0 Å². The van der Waals surface area contributed by atoms with Crippen LogP contribution in [-0.4, -0.2) is 46.0 Å². The minimum atomic E-state index is -3.03. The van der Waals surface area contributed by atoms with Gasteiger partial charge in [-0.25, -0.2) is 17.9 Å². The van der Waals surface area contributed by atoms with Crippen LogP contribution in [0.25, 0.3) is 11.0 Å². The monoisotopic (exact) mass is 295 g/mol. The van der Waals surface area contributed by atoms with E-state index in [4.69, 9.17) is 5.11 Å². The Kier molecular flexibility index (Phi) is 2.97. The lowest BCUT2D eigenvalue weighted by Crippen LogP contribution is -2.28. The SMILES string of the molecule is O=C(O)c1ccc2c(c1)nnn2C1CCCS(=O)(=O)C1. The quantitative estimate of drug-likeness (QED) is 0.882. The zero-order chi connectivity index (χ0) is 14.3. The van der Waals surface area contributed by atoms with Gasteiger partial charge >= 0.3 is 5.97 Å². The fourth-order valence-electron chi connectivity index (χ4n) is 2.54. The number of sulfone groups is 1. The van der Waals surface area contributed by atoms with Gasteiger partial charge in [0.1, 0.15) is 5.52 Å². The van der Waals surface area contributed by atoms with Gasteiger partial charge in [0, 0.05) is 0 Å². The molecule has 7 nitrogen and oxygen atoms in total. The molecule has 2 aromatic rings. The number of hydrogen-bond donors (Lipinski definition) is 1. The molecular formula is C12H13N3O4S. The minimum Gasteiger partial charge on any atom is -0.478 e. The van der Waals surface area contributed by atoms with E-state index in [2.05, 4.69) is 10.3 Å². The van der Waals surface area contributed by atoms with Crippen LogP contribution in [0.4, 0.5) is 0 Å². The van der Waals surface area contributed by atoms with Crippen LogP contribution in [0.5, 0.6) is 0 Å². The molecular weight excluding hydrogens is 282 g/mol. The van der Waals surface area contributed by atoms with Gasteiger partial charge in [0.25, 0.3) is 0 Å². The molecule has 106 valence electrons. The van der Waals surface area contributed by atoms with Gasteiger partial charge in [-0.3, -0.25) is 0 Å². The first-order valence-electron chi connectivity index (χ1n) is 6.25. The molecule has 0 spiro atoms. The predicted octanol–water partition coefficient (Wildman–Crippen LogP) is 0.879. The molecule has 0 aliphatic carbocycles. The van der Waals surface area contributed by atoms with Gasteiger partial charge in [0.15, 0.2) is 9.84 Å². The normalized spacial score (nSPS) is 21.9. The van der Waals surface area contributed by atoms with Crippen molar-refractivity contribution in [2.24, 2.45) is 0 Å². The molecule has 1 aromatic heterocycles. The second-order valence-corrected chi connectivity index (χ2v) is 7.18. The lowest BCUT2D eigenvalue weighted by atomic mass is 10.1. The molecule has 1 saturated heterocycles. The molecule has 1 aromatic carbocycles. The minimum absolute atomic E-state index is 0.0616. The topological polar surface area (TPSA) is 102 Å². The first-order valence-corrected chi connectivity index (χ1v) is 8.07. The smallest absolute Gasteiger partial charge is 0.335 e. The van der Waals surface area contributed by atoms with Gasteiger partial charge in [-0.1, -0.05) is 5.21 Å². The number of rotatable bonds is 2. The Labute approximate surface area is 115 Å². The molecule has 20 heavy (non-hydrogen) atoms. The Balaban J connectivity index is 2.02. The average molecular weight is 295 g/mol. The first-order chi connectivity index (χ1) is 9.46. The standard InChI is InChI=1S/C12H13N3O4S/c16-12(17)8-3-4-11-10(6-8)13-14-15(11)9-2-1-5-20(18,19)7-9/h3-4,6,9H,1-2,5,7H2,(H,16,17). The maximum atomic E-state index is 11.7. The van der Waals surface area contributed by atoms with Crippen LogP contribution in [0.1, 0.15) is 29.2 Å². The van der Waals surface area contributed by atoms with Crippen LogP contribution in [0.2, 0.25) is 0 Å². The lowest BCUT2D eigenvalue weighted by Gasteiger charge is -2.22. The Morgan fingerprint density at radius 2 is 2.20 bits per heavy atom. The molecule has 1 atom stereocenters. The molecule has 0 bridgehead atoms. The Morgan fingerprint density at radius 3 is 2.90 bits per heavy atom. The molecule has 1 unspecified atom stereocenters. The summed E-state index contributed by atoms with van der Waals surface area (Å²) in [6.07, 6.45) is 1.35. The summed E-state index contributed by atoms with van der Waals surface area (Å²) in [7, 11) is -3.03. The molecule has 8 heteroatoms. The second-order valence-electron chi connectivity index (χ2n) is 4.95. The van der Waals surface area contributed by atoms with Crippen LogP contribution in [0.15, 0.2) is 18.2 Å². The third kappa shape index (κ3) is 2.26. The number of carboxylic acids is 1. The van der Waals surface area contributed by atoms with Crippen molar-refractivity contribution < 1.29 is 18.3 Å². The van der Waals surface area contributed by atoms with Crippen LogP contribution in [0, 0.1) is 0 Å². The number of aromatic carboxylic acids is 1.